The highest BCUT2D eigenvalue weighted by Gasteiger charge is 2.15. The van der Waals surface area contributed by atoms with Crippen LogP contribution in [0.5, 0.6) is 23.0 Å². The Morgan fingerprint density at radius 1 is 1.04 bits per heavy atom. The minimum atomic E-state index is -0.490. The molecule has 0 saturated carbocycles. The summed E-state index contributed by atoms with van der Waals surface area (Å²) < 4.78 is 25.8. The standard InChI is InChI=1S/C18H17NO7/c1-22-15-7-11(18(21)23-2)3-5-13(15)24-9-17(20)19-12-4-6-14-16(8-12)26-10-25-14/h3-8H,9-10H2,1-2H3,(H,19,20). The average molecular weight is 359 g/mol. The molecule has 1 N–H and O–H groups in total. The fraction of sp³-hybridized carbons (Fsp3) is 0.222. The molecule has 1 heterocycles. The molecule has 0 atom stereocenters. The maximum atomic E-state index is 12.1. The number of ether oxygens (including phenoxy) is 5. The van der Waals surface area contributed by atoms with Crippen LogP contribution < -0.4 is 24.3 Å². The zero-order valence-electron chi connectivity index (χ0n) is 14.2. The van der Waals surface area contributed by atoms with Gasteiger partial charge >= 0.3 is 5.97 Å². The Balaban J connectivity index is 1.61. The van der Waals surface area contributed by atoms with Crippen LogP contribution in [-0.4, -0.2) is 39.5 Å². The molecule has 0 radical (unpaired) electrons. The predicted molar refractivity (Wildman–Crippen MR) is 91.0 cm³/mol. The van der Waals surface area contributed by atoms with Crippen LogP contribution in [0, 0.1) is 0 Å². The van der Waals surface area contributed by atoms with Gasteiger partial charge in [0.05, 0.1) is 19.8 Å². The number of benzene rings is 2. The van der Waals surface area contributed by atoms with Crippen molar-refractivity contribution < 1.29 is 33.3 Å². The predicted octanol–water partition coefficient (Wildman–Crippen LogP) is 2.23. The van der Waals surface area contributed by atoms with Crippen LogP contribution in [0.15, 0.2) is 36.4 Å². The zero-order valence-corrected chi connectivity index (χ0v) is 14.2. The van der Waals surface area contributed by atoms with Gasteiger partial charge in [0, 0.05) is 11.8 Å². The highest BCUT2D eigenvalue weighted by Crippen LogP contribution is 2.34. The summed E-state index contributed by atoms with van der Waals surface area (Å²) in [5.74, 6) is 1.02. The summed E-state index contributed by atoms with van der Waals surface area (Å²) >= 11 is 0. The first-order valence-corrected chi connectivity index (χ1v) is 7.69. The monoisotopic (exact) mass is 359 g/mol. The lowest BCUT2D eigenvalue weighted by Gasteiger charge is -2.12. The molecule has 0 spiro atoms. The Morgan fingerprint density at radius 3 is 2.62 bits per heavy atom. The van der Waals surface area contributed by atoms with Crippen LogP contribution in [0.25, 0.3) is 0 Å². The number of nitrogens with one attached hydrogen (secondary N) is 1. The van der Waals surface area contributed by atoms with Crippen molar-refractivity contribution >= 4 is 17.6 Å². The smallest absolute Gasteiger partial charge is 0.337 e. The second-order valence-corrected chi connectivity index (χ2v) is 5.26. The molecule has 8 nitrogen and oxygen atoms in total. The normalized spacial score (nSPS) is 11.6. The van der Waals surface area contributed by atoms with Crippen molar-refractivity contribution in [3.8, 4) is 23.0 Å². The Bertz CT molecular complexity index is 834. The summed E-state index contributed by atoms with van der Waals surface area (Å²) in [4.78, 5) is 23.6. The van der Waals surface area contributed by atoms with Gasteiger partial charge < -0.3 is 29.0 Å². The number of anilines is 1. The number of carbonyl (C=O) groups excluding carboxylic acids is 2. The lowest BCUT2D eigenvalue weighted by atomic mass is 10.2. The van der Waals surface area contributed by atoms with Crippen molar-refractivity contribution in [3.63, 3.8) is 0 Å². The van der Waals surface area contributed by atoms with Crippen LogP contribution in [0.4, 0.5) is 5.69 Å². The van der Waals surface area contributed by atoms with Crippen LogP contribution in [-0.2, 0) is 9.53 Å². The lowest BCUT2D eigenvalue weighted by Crippen LogP contribution is -2.20. The van der Waals surface area contributed by atoms with E-state index >= 15 is 0 Å². The number of hydrogen-bond donors (Lipinski definition) is 1. The molecule has 0 fully saturated rings. The van der Waals surface area contributed by atoms with E-state index in [2.05, 4.69) is 10.1 Å². The first-order chi connectivity index (χ1) is 12.6. The largest absolute Gasteiger partial charge is 0.493 e. The number of hydrogen-bond acceptors (Lipinski definition) is 7. The maximum Gasteiger partial charge on any atom is 0.337 e. The Morgan fingerprint density at radius 2 is 1.85 bits per heavy atom. The summed E-state index contributed by atoms with van der Waals surface area (Å²) in [5.41, 5.74) is 0.886. The van der Waals surface area contributed by atoms with Crippen molar-refractivity contribution in [2.24, 2.45) is 0 Å². The van der Waals surface area contributed by atoms with E-state index in [1.165, 1.54) is 26.4 Å². The first kappa shape index (κ1) is 17.4. The summed E-state index contributed by atoms with van der Waals surface area (Å²) in [7, 11) is 2.73. The lowest BCUT2D eigenvalue weighted by molar-refractivity contribution is -0.118. The van der Waals surface area contributed by atoms with Crippen LogP contribution in [0.1, 0.15) is 10.4 Å². The van der Waals surface area contributed by atoms with Gasteiger partial charge in [-0.2, -0.15) is 0 Å². The molecule has 8 heteroatoms. The number of rotatable bonds is 6. The summed E-state index contributed by atoms with van der Waals surface area (Å²) in [6.07, 6.45) is 0. The van der Waals surface area contributed by atoms with Crippen LogP contribution in [0.3, 0.4) is 0 Å². The van der Waals surface area contributed by atoms with Crippen molar-refractivity contribution in [2.75, 3.05) is 32.9 Å². The fourth-order valence-corrected chi connectivity index (χ4v) is 2.35. The molecule has 0 unspecified atom stereocenters. The number of fused-ring (bicyclic) bond motifs is 1. The molecule has 0 bridgehead atoms. The molecular weight excluding hydrogens is 342 g/mol. The molecule has 0 aromatic heterocycles. The molecule has 3 rings (SSSR count). The molecule has 1 amide bonds. The molecule has 1 aliphatic heterocycles. The minimum Gasteiger partial charge on any atom is -0.493 e. The Hall–Kier alpha value is -3.42. The number of amides is 1. The van der Waals surface area contributed by atoms with Crippen molar-refractivity contribution in [1.82, 2.24) is 0 Å². The second-order valence-electron chi connectivity index (χ2n) is 5.26. The minimum absolute atomic E-state index is 0.164. The highest BCUT2D eigenvalue weighted by molar-refractivity contribution is 5.92. The molecule has 26 heavy (non-hydrogen) atoms. The maximum absolute atomic E-state index is 12.1. The van der Waals surface area contributed by atoms with Gasteiger partial charge in [0.1, 0.15) is 0 Å². The van der Waals surface area contributed by atoms with E-state index in [1.54, 1.807) is 24.3 Å². The van der Waals surface area contributed by atoms with Gasteiger partial charge in [0.25, 0.3) is 5.91 Å². The number of esters is 1. The van der Waals surface area contributed by atoms with Gasteiger partial charge in [-0.05, 0) is 30.3 Å². The van der Waals surface area contributed by atoms with Crippen molar-refractivity contribution in [2.45, 2.75) is 0 Å². The SMILES string of the molecule is COC(=O)c1ccc(OCC(=O)Nc2ccc3c(c2)OCO3)c(OC)c1. The molecule has 2 aromatic carbocycles. The van der Waals surface area contributed by atoms with Gasteiger partial charge in [0.2, 0.25) is 6.79 Å². The molecule has 0 saturated heterocycles. The number of methoxy groups -OCH3 is 2. The third kappa shape index (κ3) is 3.80. The van der Waals surface area contributed by atoms with E-state index in [4.69, 9.17) is 18.9 Å². The van der Waals surface area contributed by atoms with E-state index in [9.17, 15) is 9.59 Å². The summed E-state index contributed by atoms with van der Waals surface area (Å²) in [6.45, 7) is -0.0699. The second kappa shape index (κ2) is 7.64. The molecule has 0 aliphatic carbocycles. The van der Waals surface area contributed by atoms with E-state index < -0.39 is 5.97 Å². The van der Waals surface area contributed by atoms with E-state index in [0.29, 0.717) is 34.2 Å². The Kier molecular flexibility index (Phi) is 5.12. The molecule has 1 aliphatic rings. The van der Waals surface area contributed by atoms with Gasteiger partial charge in [-0.3, -0.25) is 4.79 Å². The van der Waals surface area contributed by atoms with Gasteiger partial charge in [-0.1, -0.05) is 0 Å². The third-order valence-electron chi connectivity index (χ3n) is 3.60. The molecular formula is C18H17NO7. The summed E-state index contributed by atoms with van der Waals surface area (Å²) in [5, 5.41) is 2.70. The zero-order chi connectivity index (χ0) is 18.5. The highest BCUT2D eigenvalue weighted by atomic mass is 16.7. The van der Waals surface area contributed by atoms with Crippen molar-refractivity contribution in [3.05, 3.63) is 42.0 Å². The van der Waals surface area contributed by atoms with E-state index in [-0.39, 0.29) is 19.3 Å². The van der Waals surface area contributed by atoms with Gasteiger partial charge in [-0.25, -0.2) is 4.79 Å². The fourth-order valence-electron chi connectivity index (χ4n) is 2.35. The van der Waals surface area contributed by atoms with Crippen LogP contribution in [0.2, 0.25) is 0 Å². The van der Waals surface area contributed by atoms with E-state index in [0.717, 1.165) is 0 Å². The number of carbonyl (C=O) groups is 2. The summed E-state index contributed by atoms with van der Waals surface area (Å²) in [6, 6.07) is 9.64. The quantitative estimate of drug-likeness (QED) is 0.791. The van der Waals surface area contributed by atoms with Crippen molar-refractivity contribution in [1.29, 1.82) is 0 Å². The first-order valence-electron chi connectivity index (χ1n) is 7.69. The van der Waals surface area contributed by atoms with Gasteiger partial charge in [0.15, 0.2) is 29.6 Å². The average Bonchev–Trinajstić information content (AvgIpc) is 3.13. The molecule has 136 valence electrons. The van der Waals surface area contributed by atoms with E-state index in [1.807, 2.05) is 0 Å². The third-order valence-corrected chi connectivity index (χ3v) is 3.60. The van der Waals surface area contributed by atoms with Gasteiger partial charge in [-0.15, -0.1) is 0 Å². The molecule has 2 aromatic rings. The van der Waals surface area contributed by atoms with Crippen LogP contribution >= 0.6 is 0 Å². The topological polar surface area (TPSA) is 92.3 Å². The Labute approximate surface area is 149 Å².